The molecule has 2 rings (SSSR count). The first kappa shape index (κ1) is 20.8. The van der Waals surface area contributed by atoms with E-state index in [1.165, 1.54) is 7.11 Å². The average molecular weight is 391 g/mol. The standard InChI is InChI=1S/C20H26N2O4S/c1-14(2)18-11-6-7-12-19(18)21-20(23)15(3)22(27(5,24)25)16-9-8-10-17(13-16)26-4/h6-15H,1-5H3,(H,21,23). The first-order valence-corrected chi connectivity index (χ1v) is 10.5. The second-order valence-corrected chi connectivity index (χ2v) is 8.53. The molecule has 0 saturated carbocycles. The van der Waals surface area contributed by atoms with Gasteiger partial charge in [0.15, 0.2) is 0 Å². The van der Waals surface area contributed by atoms with Crippen LogP contribution < -0.4 is 14.4 Å². The number of hydrogen-bond donors (Lipinski definition) is 1. The van der Waals surface area contributed by atoms with Crippen molar-refractivity contribution >= 4 is 27.3 Å². The molecule has 0 aliphatic heterocycles. The minimum absolute atomic E-state index is 0.223. The van der Waals surface area contributed by atoms with Crippen molar-refractivity contribution < 1.29 is 17.9 Å². The summed E-state index contributed by atoms with van der Waals surface area (Å²) in [5.41, 5.74) is 2.05. The zero-order valence-corrected chi connectivity index (χ0v) is 17.1. The molecule has 2 aromatic rings. The monoisotopic (exact) mass is 390 g/mol. The van der Waals surface area contributed by atoms with Crippen molar-refractivity contribution in [1.82, 2.24) is 0 Å². The molecule has 0 heterocycles. The molecule has 7 heteroatoms. The number of hydrogen-bond acceptors (Lipinski definition) is 4. The largest absolute Gasteiger partial charge is 0.497 e. The molecule has 0 radical (unpaired) electrons. The maximum absolute atomic E-state index is 12.9. The van der Waals surface area contributed by atoms with E-state index in [0.29, 0.717) is 17.1 Å². The number of nitrogens with zero attached hydrogens (tertiary/aromatic N) is 1. The van der Waals surface area contributed by atoms with Gasteiger partial charge in [-0.25, -0.2) is 8.42 Å². The Morgan fingerprint density at radius 3 is 2.33 bits per heavy atom. The van der Waals surface area contributed by atoms with E-state index in [2.05, 4.69) is 5.32 Å². The van der Waals surface area contributed by atoms with Crippen LogP contribution in [0.5, 0.6) is 5.75 Å². The predicted molar refractivity (Wildman–Crippen MR) is 109 cm³/mol. The van der Waals surface area contributed by atoms with E-state index < -0.39 is 22.0 Å². The molecule has 0 aliphatic carbocycles. The number of carbonyl (C=O) groups is 1. The molecule has 0 aliphatic rings. The van der Waals surface area contributed by atoms with Gasteiger partial charge in [-0.3, -0.25) is 9.10 Å². The van der Waals surface area contributed by atoms with Crippen molar-refractivity contribution in [3.8, 4) is 5.75 Å². The summed E-state index contributed by atoms with van der Waals surface area (Å²) < 4.78 is 31.1. The van der Waals surface area contributed by atoms with Gasteiger partial charge in [0.25, 0.3) is 0 Å². The van der Waals surface area contributed by atoms with Crippen LogP contribution in [0.25, 0.3) is 0 Å². The molecule has 1 N–H and O–H groups in total. The molecule has 146 valence electrons. The lowest BCUT2D eigenvalue weighted by Gasteiger charge is -2.28. The van der Waals surface area contributed by atoms with Gasteiger partial charge in [0.2, 0.25) is 15.9 Å². The Balaban J connectivity index is 2.36. The second-order valence-electron chi connectivity index (χ2n) is 6.67. The Morgan fingerprint density at radius 1 is 1.07 bits per heavy atom. The molecule has 6 nitrogen and oxygen atoms in total. The van der Waals surface area contributed by atoms with E-state index in [9.17, 15) is 13.2 Å². The van der Waals surface area contributed by atoms with Crippen LogP contribution >= 0.6 is 0 Å². The molecule has 1 amide bonds. The summed E-state index contributed by atoms with van der Waals surface area (Å²) in [5.74, 6) is 0.330. The van der Waals surface area contributed by atoms with Gasteiger partial charge in [-0.2, -0.15) is 0 Å². The highest BCUT2D eigenvalue weighted by molar-refractivity contribution is 7.92. The van der Waals surface area contributed by atoms with Gasteiger partial charge in [-0.1, -0.05) is 38.1 Å². The number of ether oxygens (including phenoxy) is 1. The molecule has 27 heavy (non-hydrogen) atoms. The number of benzene rings is 2. The summed E-state index contributed by atoms with van der Waals surface area (Å²) in [6.07, 6.45) is 1.08. The van der Waals surface area contributed by atoms with Crippen molar-refractivity contribution in [2.24, 2.45) is 0 Å². The molecule has 0 bridgehead atoms. The van der Waals surface area contributed by atoms with Crippen LogP contribution in [0.2, 0.25) is 0 Å². The first-order valence-electron chi connectivity index (χ1n) is 8.68. The molecular formula is C20H26N2O4S. The minimum atomic E-state index is -3.69. The fourth-order valence-electron chi connectivity index (χ4n) is 2.91. The highest BCUT2D eigenvalue weighted by atomic mass is 32.2. The van der Waals surface area contributed by atoms with Gasteiger partial charge in [0.05, 0.1) is 19.1 Å². The average Bonchev–Trinajstić information content (AvgIpc) is 2.61. The number of para-hydroxylation sites is 1. The van der Waals surface area contributed by atoms with Crippen LogP contribution in [0.4, 0.5) is 11.4 Å². The predicted octanol–water partition coefficient (Wildman–Crippen LogP) is 3.61. The van der Waals surface area contributed by atoms with Crippen LogP contribution in [-0.2, 0) is 14.8 Å². The van der Waals surface area contributed by atoms with Crippen molar-refractivity contribution in [1.29, 1.82) is 0 Å². The molecule has 0 saturated heterocycles. The zero-order valence-electron chi connectivity index (χ0n) is 16.3. The van der Waals surface area contributed by atoms with E-state index in [1.54, 1.807) is 31.2 Å². The Hall–Kier alpha value is -2.54. The molecular weight excluding hydrogens is 364 g/mol. The fourth-order valence-corrected chi connectivity index (χ4v) is 4.07. The van der Waals surface area contributed by atoms with Crippen molar-refractivity contribution in [2.75, 3.05) is 23.0 Å². The summed E-state index contributed by atoms with van der Waals surface area (Å²) in [6, 6.07) is 13.2. The number of carbonyl (C=O) groups excluding carboxylic acids is 1. The normalized spacial score (nSPS) is 12.5. The Bertz CT molecular complexity index is 910. The number of nitrogens with one attached hydrogen (secondary N) is 1. The third-order valence-electron chi connectivity index (χ3n) is 4.24. The number of anilines is 2. The molecule has 0 aromatic heterocycles. The van der Waals surface area contributed by atoms with Gasteiger partial charge in [-0.05, 0) is 36.6 Å². The van der Waals surface area contributed by atoms with Crippen LogP contribution in [-0.4, -0.2) is 33.7 Å². The zero-order chi connectivity index (χ0) is 20.2. The maximum Gasteiger partial charge on any atom is 0.248 e. The van der Waals surface area contributed by atoms with Gasteiger partial charge in [0.1, 0.15) is 11.8 Å². The van der Waals surface area contributed by atoms with Crippen molar-refractivity contribution in [3.05, 3.63) is 54.1 Å². The molecule has 1 unspecified atom stereocenters. The van der Waals surface area contributed by atoms with Crippen LogP contribution in [0.1, 0.15) is 32.3 Å². The van der Waals surface area contributed by atoms with E-state index in [4.69, 9.17) is 4.74 Å². The Kier molecular flexibility index (Phi) is 6.49. The Labute approximate surface area is 161 Å². The molecule has 0 fully saturated rings. The van der Waals surface area contributed by atoms with E-state index in [-0.39, 0.29) is 5.92 Å². The first-order chi connectivity index (χ1) is 12.6. The molecule has 0 spiro atoms. The van der Waals surface area contributed by atoms with Gasteiger partial charge >= 0.3 is 0 Å². The Morgan fingerprint density at radius 2 is 1.74 bits per heavy atom. The second kappa shape index (κ2) is 8.43. The third kappa shape index (κ3) is 5.01. The van der Waals surface area contributed by atoms with Crippen LogP contribution in [0.15, 0.2) is 48.5 Å². The van der Waals surface area contributed by atoms with Crippen molar-refractivity contribution in [3.63, 3.8) is 0 Å². The smallest absolute Gasteiger partial charge is 0.248 e. The number of amides is 1. The number of sulfonamides is 1. The quantitative estimate of drug-likeness (QED) is 0.784. The third-order valence-corrected chi connectivity index (χ3v) is 5.48. The summed E-state index contributed by atoms with van der Waals surface area (Å²) in [6.45, 7) is 5.63. The van der Waals surface area contributed by atoms with Crippen molar-refractivity contribution in [2.45, 2.75) is 32.7 Å². The summed E-state index contributed by atoms with van der Waals surface area (Å²) in [7, 11) is -2.19. The highest BCUT2D eigenvalue weighted by Gasteiger charge is 2.29. The minimum Gasteiger partial charge on any atom is -0.497 e. The SMILES string of the molecule is COc1cccc(N(C(C)C(=O)Nc2ccccc2C(C)C)S(C)(=O)=O)c1. The van der Waals surface area contributed by atoms with E-state index in [0.717, 1.165) is 16.1 Å². The lowest BCUT2D eigenvalue weighted by atomic mass is 10.0. The molecule has 2 aromatic carbocycles. The lowest BCUT2D eigenvalue weighted by molar-refractivity contribution is -0.116. The van der Waals surface area contributed by atoms with Gasteiger partial charge in [-0.15, -0.1) is 0 Å². The van der Waals surface area contributed by atoms with E-state index >= 15 is 0 Å². The summed E-state index contributed by atoms with van der Waals surface area (Å²) >= 11 is 0. The van der Waals surface area contributed by atoms with Crippen LogP contribution in [0.3, 0.4) is 0 Å². The number of methoxy groups -OCH3 is 1. The van der Waals surface area contributed by atoms with E-state index in [1.807, 2.05) is 38.1 Å². The lowest BCUT2D eigenvalue weighted by Crippen LogP contribution is -2.45. The maximum atomic E-state index is 12.9. The van der Waals surface area contributed by atoms with Gasteiger partial charge < -0.3 is 10.1 Å². The molecule has 1 atom stereocenters. The summed E-state index contributed by atoms with van der Waals surface area (Å²) in [5, 5.41) is 2.87. The topological polar surface area (TPSA) is 75.7 Å². The van der Waals surface area contributed by atoms with Gasteiger partial charge in [0, 0.05) is 11.8 Å². The highest BCUT2D eigenvalue weighted by Crippen LogP contribution is 2.27. The number of rotatable bonds is 7. The van der Waals surface area contributed by atoms with Crippen LogP contribution in [0, 0.1) is 0 Å². The fraction of sp³-hybridized carbons (Fsp3) is 0.350. The summed E-state index contributed by atoms with van der Waals surface area (Å²) in [4.78, 5) is 12.9.